The van der Waals surface area contributed by atoms with Crippen molar-refractivity contribution in [2.45, 2.75) is 25.8 Å². The second-order valence-corrected chi connectivity index (χ2v) is 6.74. The third-order valence-electron chi connectivity index (χ3n) is 3.03. The van der Waals surface area contributed by atoms with E-state index in [0.29, 0.717) is 0 Å². The average Bonchev–Trinajstić information content (AvgIpc) is 2.83. The zero-order valence-electron chi connectivity index (χ0n) is 11.1. The van der Waals surface area contributed by atoms with Crippen molar-refractivity contribution in [3.63, 3.8) is 0 Å². The summed E-state index contributed by atoms with van der Waals surface area (Å²) in [5, 5.41) is 3.62. The van der Waals surface area contributed by atoms with Crippen molar-refractivity contribution in [2.24, 2.45) is 0 Å². The molecule has 20 heavy (non-hydrogen) atoms. The van der Waals surface area contributed by atoms with Crippen molar-refractivity contribution in [2.75, 3.05) is 6.54 Å². The number of benzene rings is 1. The highest BCUT2D eigenvalue weighted by Gasteiger charge is 2.17. The van der Waals surface area contributed by atoms with Crippen molar-refractivity contribution >= 4 is 34.5 Å². The number of thiophene rings is 1. The van der Waals surface area contributed by atoms with E-state index in [1.807, 2.05) is 18.2 Å². The lowest BCUT2D eigenvalue weighted by Crippen LogP contribution is -2.24. The highest BCUT2D eigenvalue weighted by atomic mass is 35.5. The summed E-state index contributed by atoms with van der Waals surface area (Å²) in [6, 6.07) is 8.82. The molecule has 0 amide bonds. The van der Waals surface area contributed by atoms with Gasteiger partial charge in [0, 0.05) is 17.3 Å². The van der Waals surface area contributed by atoms with Gasteiger partial charge in [-0.3, -0.25) is 0 Å². The number of hydrogen-bond donors (Lipinski definition) is 1. The van der Waals surface area contributed by atoms with Crippen LogP contribution >= 0.6 is 34.5 Å². The molecule has 2 rings (SSSR count). The fourth-order valence-electron chi connectivity index (χ4n) is 2.06. The largest absolute Gasteiger partial charge is 0.310 e. The molecule has 0 saturated heterocycles. The first-order valence-corrected chi connectivity index (χ1v) is 8.10. The number of rotatable bonds is 6. The third kappa shape index (κ3) is 3.95. The monoisotopic (exact) mass is 331 g/mol. The standard InChI is InChI=1S/C15H16Cl2FNS/c1-2-8-19-13(9-10-6-7-14(16)20-10)11-4-3-5-12(18)15(11)17/h3-7,13,19H,2,8-9H2,1H3. The molecule has 0 spiro atoms. The maximum absolute atomic E-state index is 13.6. The molecule has 1 aromatic carbocycles. The van der Waals surface area contributed by atoms with Crippen LogP contribution in [-0.4, -0.2) is 6.54 Å². The Bertz CT molecular complexity index is 571. The predicted molar refractivity (Wildman–Crippen MR) is 85.5 cm³/mol. The molecule has 1 aromatic heterocycles. The third-order valence-corrected chi connectivity index (χ3v) is 4.68. The highest BCUT2D eigenvalue weighted by Crippen LogP contribution is 2.31. The Kier molecular flexibility index (Phi) is 5.85. The van der Waals surface area contributed by atoms with Crippen LogP contribution in [0.4, 0.5) is 4.39 Å². The fourth-order valence-corrected chi connectivity index (χ4v) is 3.45. The topological polar surface area (TPSA) is 12.0 Å². The molecule has 0 aliphatic rings. The lowest BCUT2D eigenvalue weighted by Gasteiger charge is -2.19. The van der Waals surface area contributed by atoms with Gasteiger partial charge in [0.05, 0.1) is 9.36 Å². The van der Waals surface area contributed by atoms with Crippen LogP contribution in [0.3, 0.4) is 0 Å². The first kappa shape index (κ1) is 15.8. The molecule has 1 heterocycles. The van der Waals surface area contributed by atoms with Crippen molar-refractivity contribution in [3.8, 4) is 0 Å². The Morgan fingerprint density at radius 1 is 1.25 bits per heavy atom. The average molecular weight is 332 g/mol. The number of halogens is 3. The summed E-state index contributed by atoms with van der Waals surface area (Å²) in [7, 11) is 0. The molecule has 2 aromatic rings. The van der Waals surface area contributed by atoms with Gasteiger partial charge in [-0.2, -0.15) is 0 Å². The van der Waals surface area contributed by atoms with E-state index in [-0.39, 0.29) is 16.9 Å². The molecule has 0 radical (unpaired) electrons. The van der Waals surface area contributed by atoms with Crippen molar-refractivity contribution < 1.29 is 4.39 Å². The molecule has 5 heteroatoms. The van der Waals surface area contributed by atoms with Gasteiger partial charge in [0.25, 0.3) is 0 Å². The van der Waals surface area contributed by atoms with E-state index in [1.165, 1.54) is 6.07 Å². The van der Waals surface area contributed by atoms with Crippen LogP contribution in [-0.2, 0) is 6.42 Å². The molecule has 1 unspecified atom stereocenters. The van der Waals surface area contributed by atoms with Gasteiger partial charge >= 0.3 is 0 Å². The van der Waals surface area contributed by atoms with Crippen molar-refractivity contribution in [1.29, 1.82) is 0 Å². The first-order chi connectivity index (χ1) is 9.61. The lowest BCUT2D eigenvalue weighted by atomic mass is 10.0. The van der Waals surface area contributed by atoms with Crippen molar-refractivity contribution in [3.05, 3.63) is 55.9 Å². The van der Waals surface area contributed by atoms with Gasteiger partial charge in [0.2, 0.25) is 0 Å². The molecular weight excluding hydrogens is 316 g/mol. The van der Waals surface area contributed by atoms with Gasteiger partial charge in [0.1, 0.15) is 5.82 Å². The van der Waals surface area contributed by atoms with Crippen LogP contribution in [0.5, 0.6) is 0 Å². The SMILES string of the molecule is CCCNC(Cc1ccc(Cl)s1)c1cccc(F)c1Cl. The Morgan fingerprint density at radius 3 is 2.70 bits per heavy atom. The predicted octanol–water partition coefficient (Wildman–Crippen LogP) is 5.48. The Balaban J connectivity index is 2.24. The van der Waals surface area contributed by atoms with Crippen LogP contribution in [0.1, 0.15) is 29.8 Å². The van der Waals surface area contributed by atoms with Crippen molar-refractivity contribution in [1.82, 2.24) is 5.32 Å². The second-order valence-electron chi connectivity index (χ2n) is 4.56. The van der Waals surface area contributed by atoms with E-state index in [2.05, 4.69) is 12.2 Å². The summed E-state index contributed by atoms with van der Waals surface area (Å²) in [5.41, 5.74) is 0.796. The van der Waals surface area contributed by atoms with Crippen LogP contribution < -0.4 is 5.32 Å². The summed E-state index contributed by atoms with van der Waals surface area (Å²) in [6.45, 7) is 2.95. The minimum Gasteiger partial charge on any atom is -0.310 e. The van der Waals surface area contributed by atoms with Crippen LogP contribution in [0, 0.1) is 5.82 Å². The summed E-state index contributed by atoms with van der Waals surface area (Å²) < 4.78 is 14.4. The summed E-state index contributed by atoms with van der Waals surface area (Å²) in [6.07, 6.45) is 1.76. The number of nitrogens with one attached hydrogen (secondary N) is 1. The molecule has 0 fully saturated rings. The normalized spacial score (nSPS) is 12.6. The van der Waals surface area contributed by atoms with E-state index < -0.39 is 0 Å². The zero-order valence-corrected chi connectivity index (χ0v) is 13.5. The second kappa shape index (κ2) is 7.41. The van der Waals surface area contributed by atoms with Gasteiger partial charge in [-0.25, -0.2) is 4.39 Å². The molecule has 0 bridgehead atoms. The minimum absolute atomic E-state index is 0.00660. The summed E-state index contributed by atoms with van der Waals surface area (Å²) in [5.74, 6) is -0.378. The minimum atomic E-state index is -0.378. The van der Waals surface area contributed by atoms with Crippen LogP contribution in [0.15, 0.2) is 30.3 Å². The molecule has 108 valence electrons. The van der Waals surface area contributed by atoms with Gasteiger partial charge in [-0.1, -0.05) is 42.3 Å². The van der Waals surface area contributed by atoms with Crippen LogP contribution in [0.25, 0.3) is 0 Å². The molecule has 1 nitrogen and oxygen atoms in total. The molecule has 0 aliphatic heterocycles. The Hall–Kier alpha value is -0.610. The molecule has 1 atom stereocenters. The summed E-state index contributed by atoms with van der Waals surface area (Å²) in [4.78, 5) is 1.16. The fraction of sp³-hybridized carbons (Fsp3) is 0.333. The maximum atomic E-state index is 13.6. The van der Waals surface area contributed by atoms with Gasteiger partial charge in [-0.05, 0) is 36.7 Å². The van der Waals surface area contributed by atoms with E-state index in [1.54, 1.807) is 17.4 Å². The smallest absolute Gasteiger partial charge is 0.142 e. The van der Waals surface area contributed by atoms with E-state index in [4.69, 9.17) is 23.2 Å². The molecule has 1 N–H and O–H groups in total. The quantitative estimate of drug-likeness (QED) is 0.739. The van der Waals surface area contributed by atoms with E-state index in [0.717, 1.165) is 34.2 Å². The number of hydrogen-bond acceptors (Lipinski definition) is 2. The van der Waals surface area contributed by atoms with Crippen LogP contribution in [0.2, 0.25) is 9.36 Å². The van der Waals surface area contributed by atoms with Gasteiger partial charge in [-0.15, -0.1) is 11.3 Å². The van der Waals surface area contributed by atoms with Gasteiger partial charge in [0.15, 0.2) is 0 Å². The Morgan fingerprint density at radius 2 is 2.05 bits per heavy atom. The highest BCUT2D eigenvalue weighted by molar-refractivity contribution is 7.16. The first-order valence-electron chi connectivity index (χ1n) is 6.53. The Labute approximate surface area is 132 Å². The van der Waals surface area contributed by atoms with E-state index >= 15 is 0 Å². The maximum Gasteiger partial charge on any atom is 0.142 e. The molecule has 0 saturated carbocycles. The summed E-state index contributed by atoms with van der Waals surface area (Å²) >= 11 is 13.6. The lowest BCUT2D eigenvalue weighted by molar-refractivity contribution is 0.527. The van der Waals surface area contributed by atoms with E-state index in [9.17, 15) is 4.39 Å². The molecule has 0 aliphatic carbocycles. The van der Waals surface area contributed by atoms with Gasteiger partial charge < -0.3 is 5.32 Å². The zero-order chi connectivity index (χ0) is 14.5. The molecular formula is C15H16Cl2FNS.